The van der Waals surface area contributed by atoms with Gasteiger partial charge in [0.15, 0.2) is 32.6 Å². The molecule has 0 bridgehead atoms. The van der Waals surface area contributed by atoms with Crippen LogP contribution < -0.4 is 0 Å². The van der Waals surface area contributed by atoms with Gasteiger partial charge < -0.3 is 52.0 Å². The van der Waals surface area contributed by atoms with Crippen molar-refractivity contribution in [2.45, 2.75) is 212 Å². The van der Waals surface area contributed by atoms with Gasteiger partial charge in [-0.15, -0.1) is 0 Å². The van der Waals surface area contributed by atoms with E-state index in [2.05, 4.69) is 19.6 Å². The summed E-state index contributed by atoms with van der Waals surface area (Å²) < 4.78 is 66.0. The summed E-state index contributed by atoms with van der Waals surface area (Å²) in [5.74, 6) is -4.56. The minimum atomic E-state index is -2.09. The molecular weight excluding hydrogens is 976 g/mol. The fraction of sp³-hybridized carbons (Fsp3) is 0.808. The molecule has 4 heterocycles. The van der Waals surface area contributed by atoms with Gasteiger partial charge in [-0.25, -0.2) is 4.79 Å². The number of carbonyl (C=O) groups excluding carboxylic acids is 4. The maximum atomic E-state index is 15.2. The molecule has 16 nitrogen and oxygen atoms in total. The van der Waals surface area contributed by atoms with Crippen LogP contribution in [0.2, 0.25) is 29.7 Å². The molecule has 0 aliphatic carbocycles. The first-order valence-electron chi connectivity index (χ1n) is 25.3. The van der Waals surface area contributed by atoms with E-state index < -0.39 is 122 Å². The third-order valence-electron chi connectivity index (χ3n) is 15.5. The van der Waals surface area contributed by atoms with Crippen LogP contribution in [-0.4, -0.2) is 161 Å². The second-order valence-electron chi connectivity index (χ2n) is 22.4. The summed E-state index contributed by atoms with van der Waals surface area (Å²) in [6, 6.07) is 4.13. The average molecular weight is 1060 g/mol. The maximum absolute atomic E-state index is 15.2. The minimum absolute atomic E-state index is 0.123. The Kier molecular flexibility index (Phi) is 19.8. The molecule has 0 aromatic heterocycles. The standard InChI is InChI=1S/C52H84Cl2N2O14Si/c1-19-39-52(11)44(56(49(60)69-52)23-22-35-20-21-36(53)37(54)25-35)30(4)41(58)28(2)26-50(9,61-14)45(68-48-43(65-34(8)57)38(55(12)13)24-29(3)63-48)31(5)42(32(6)47(59)66-39)67-40-27-51(10,62-15)46(33(7)64-40)70-71(16,17)18/h20-21,25,28-33,38-40,42-46,48H,19,22-24,26-27H2,1-18H3/t28-,29-,30?,31+,32-,33+,38+,39-,40+,42+,43-,44-,45-,46+,48+,50-,51-,52+/m1/s1. The fourth-order valence-electron chi connectivity index (χ4n) is 11.7. The number of ketones is 1. The molecule has 1 amide bonds. The zero-order valence-electron chi connectivity index (χ0n) is 45.5. The number of hydrogen-bond acceptors (Lipinski definition) is 15. The summed E-state index contributed by atoms with van der Waals surface area (Å²) in [5, 5.41) is 0.780. The molecule has 4 fully saturated rings. The van der Waals surface area contributed by atoms with Gasteiger partial charge >= 0.3 is 18.0 Å². The predicted octanol–water partition coefficient (Wildman–Crippen LogP) is 8.89. The smallest absolute Gasteiger partial charge is 0.410 e. The first-order valence-corrected chi connectivity index (χ1v) is 29.5. The van der Waals surface area contributed by atoms with E-state index >= 15 is 9.59 Å². The normalized spacial score (nSPS) is 39.9. The Morgan fingerprint density at radius 3 is 2.07 bits per heavy atom. The van der Waals surface area contributed by atoms with Crippen LogP contribution in [0.15, 0.2) is 18.2 Å². The third kappa shape index (κ3) is 13.3. The van der Waals surface area contributed by atoms with E-state index in [1.54, 1.807) is 52.0 Å². The molecule has 4 aliphatic heterocycles. The lowest BCUT2D eigenvalue weighted by Gasteiger charge is -2.51. The first-order chi connectivity index (χ1) is 32.9. The molecule has 1 aromatic rings. The van der Waals surface area contributed by atoms with Crippen LogP contribution in [0.25, 0.3) is 0 Å². The molecule has 4 aliphatic rings. The molecule has 404 valence electrons. The molecule has 19 heteroatoms. The zero-order chi connectivity index (χ0) is 53.3. The zero-order valence-corrected chi connectivity index (χ0v) is 48.0. The van der Waals surface area contributed by atoms with Crippen molar-refractivity contribution < 1.29 is 66.2 Å². The van der Waals surface area contributed by atoms with Crippen LogP contribution in [0.4, 0.5) is 4.79 Å². The van der Waals surface area contributed by atoms with Crippen molar-refractivity contribution >= 4 is 55.3 Å². The number of rotatable bonds is 14. The highest BCUT2D eigenvalue weighted by molar-refractivity contribution is 6.69. The summed E-state index contributed by atoms with van der Waals surface area (Å²) in [7, 11) is 4.94. The molecule has 1 unspecified atom stereocenters. The van der Waals surface area contributed by atoms with Gasteiger partial charge in [-0.1, -0.05) is 57.0 Å². The summed E-state index contributed by atoms with van der Waals surface area (Å²) in [6.45, 7) is 26.5. The lowest BCUT2D eigenvalue weighted by molar-refractivity contribution is -0.319. The Morgan fingerprint density at radius 2 is 1.51 bits per heavy atom. The van der Waals surface area contributed by atoms with Crippen LogP contribution in [0, 0.1) is 23.7 Å². The molecule has 18 atom stereocenters. The van der Waals surface area contributed by atoms with Crippen LogP contribution in [0.1, 0.15) is 107 Å². The maximum Gasteiger partial charge on any atom is 0.410 e. The minimum Gasteiger partial charge on any atom is -0.458 e. The van der Waals surface area contributed by atoms with Gasteiger partial charge in [-0.3, -0.25) is 19.3 Å². The summed E-state index contributed by atoms with van der Waals surface area (Å²) in [6.07, 6.45) is -6.18. The van der Waals surface area contributed by atoms with Crippen molar-refractivity contribution in [3.8, 4) is 0 Å². The molecule has 0 N–H and O–H groups in total. The quantitative estimate of drug-likeness (QED) is 0.0984. The van der Waals surface area contributed by atoms with Gasteiger partial charge in [0.1, 0.15) is 11.9 Å². The second-order valence-corrected chi connectivity index (χ2v) is 27.7. The van der Waals surface area contributed by atoms with Crippen molar-refractivity contribution in [2.75, 3.05) is 34.9 Å². The number of ether oxygens (including phenoxy) is 9. The van der Waals surface area contributed by atoms with Crippen molar-refractivity contribution in [1.82, 2.24) is 9.80 Å². The van der Waals surface area contributed by atoms with Crippen molar-refractivity contribution in [3.63, 3.8) is 0 Å². The monoisotopic (exact) mass is 1060 g/mol. The summed E-state index contributed by atoms with van der Waals surface area (Å²) >= 11 is 12.6. The molecule has 0 radical (unpaired) electrons. The number of hydrogen-bond donors (Lipinski definition) is 0. The lowest BCUT2D eigenvalue weighted by Crippen LogP contribution is -2.62. The molecular formula is C52H84Cl2N2O14Si. The number of likely N-dealkylation sites (N-methyl/N-ethyl adjacent to an activating group) is 1. The van der Waals surface area contributed by atoms with E-state index in [1.807, 2.05) is 73.5 Å². The van der Waals surface area contributed by atoms with E-state index in [1.165, 1.54) is 6.92 Å². The molecule has 0 saturated carbocycles. The number of benzene rings is 1. The average Bonchev–Trinajstić information content (AvgIpc) is 3.55. The first kappa shape index (κ1) is 59.5. The van der Waals surface area contributed by atoms with Gasteiger partial charge in [-0.2, -0.15) is 0 Å². The summed E-state index contributed by atoms with van der Waals surface area (Å²) in [4.78, 5) is 60.9. The Balaban J connectivity index is 1.67. The van der Waals surface area contributed by atoms with E-state index in [-0.39, 0.29) is 43.7 Å². The molecule has 1 aromatic carbocycles. The predicted molar refractivity (Wildman–Crippen MR) is 272 cm³/mol. The van der Waals surface area contributed by atoms with Gasteiger partial charge in [0.2, 0.25) is 0 Å². The highest BCUT2D eigenvalue weighted by Crippen LogP contribution is 2.45. The number of amides is 1. The number of esters is 2. The lowest BCUT2D eigenvalue weighted by atomic mass is 9.73. The largest absolute Gasteiger partial charge is 0.458 e. The van der Waals surface area contributed by atoms with E-state index in [9.17, 15) is 9.59 Å². The Bertz CT molecular complexity index is 2030. The Morgan fingerprint density at radius 1 is 0.873 bits per heavy atom. The van der Waals surface area contributed by atoms with Crippen molar-refractivity contribution in [1.29, 1.82) is 0 Å². The Labute approximate surface area is 434 Å². The fourth-order valence-corrected chi connectivity index (χ4v) is 13.2. The molecule has 4 saturated heterocycles. The van der Waals surface area contributed by atoms with Crippen molar-refractivity contribution in [2.24, 2.45) is 23.7 Å². The SMILES string of the molecule is CC[C@H]1OC(=O)[C@H](C)[C@@H](O[C@H]2C[C@@](C)(OC)[C@@H](O[Si](C)(C)C)[C@H](C)O2)[C@H](C)[C@@H](O[C@@H]2O[C@H](C)C[C@H](N(C)C)[C@H]2OC(C)=O)[C@](C)(OC)C[C@@H](C)C(=O)C(C)[C@H]2N(CCc3ccc(Cl)c(Cl)c3)C(=O)O[C@@]12C. The number of cyclic esters (lactones) is 1. The number of methoxy groups -OCH3 is 2. The van der Waals surface area contributed by atoms with E-state index in [0.29, 0.717) is 22.9 Å². The highest BCUT2D eigenvalue weighted by atomic mass is 35.5. The van der Waals surface area contributed by atoms with Crippen LogP contribution in [-0.2, 0) is 67.9 Å². The molecule has 0 spiro atoms. The van der Waals surface area contributed by atoms with Crippen LogP contribution in [0.5, 0.6) is 0 Å². The number of Topliss-reactive ketones (excluding diaryl/α,β-unsaturated/α-hetero) is 1. The third-order valence-corrected chi connectivity index (χ3v) is 17.2. The van der Waals surface area contributed by atoms with Gasteiger partial charge in [0, 0.05) is 51.9 Å². The molecule has 71 heavy (non-hydrogen) atoms. The topological polar surface area (TPSA) is 167 Å². The van der Waals surface area contributed by atoms with Crippen LogP contribution in [0.3, 0.4) is 0 Å². The molecule has 5 rings (SSSR count). The van der Waals surface area contributed by atoms with Crippen molar-refractivity contribution in [3.05, 3.63) is 33.8 Å². The number of nitrogens with zero attached hydrogens (tertiary/aromatic N) is 2. The van der Waals surface area contributed by atoms with Crippen LogP contribution >= 0.6 is 23.2 Å². The highest BCUT2D eigenvalue weighted by Gasteiger charge is 2.61. The van der Waals surface area contributed by atoms with Gasteiger partial charge in [0.25, 0.3) is 0 Å². The van der Waals surface area contributed by atoms with Gasteiger partial charge in [0.05, 0.1) is 69.8 Å². The number of carbonyl (C=O) groups is 4. The summed E-state index contributed by atoms with van der Waals surface area (Å²) in [5.41, 5.74) is -2.79. The number of fused-ring (bicyclic) bond motifs is 1. The second kappa shape index (κ2) is 23.6. The Hall–Kier alpha value is -2.42. The van der Waals surface area contributed by atoms with Gasteiger partial charge in [-0.05, 0) is 119 Å². The van der Waals surface area contributed by atoms with E-state index in [4.69, 9.17) is 70.3 Å². The van der Waals surface area contributed by atoms with E-state index in [0.717, 1.165) is 5.56 Å². The number of halogens is 2.